The lowest BCUT2D eigenvalue weighted by molar-refractivity contribution is -0.132. The zero-order chi connectivity index (χ0) is 17.8. The zero-order valence-corrected chi connectivity index (χ0v) is 15.5. The Morgan fingerprint density at radius 1 is 1.28 bits per heavy atom. The molecule has 2 aliphatic heterocycles. The van der Waals surface area contributed by atoms with Crippen LogP contribution in [0.15, 0.2) is 12.1 Å². The molecule has 0 radical (unpaired) electrons. The van der Waals surface area contributed by atoms with Gasteiger partial charge in [0.2, 0.25) is 5.91 Å². The Kier molecular flexibility index (Phi) is 6.04. The van der Waals surface area contributed by atoms with Crippen LogP contribution in [0.3, 0.4) is 0 Å². The molecule has 25 heavy (non-hydrogen) atoms. The topological polar surface area (TPSA) is 60.0 Å². The van der Waals surface area contributed by atoms with Crippen molar-refractivity contribution in [3.8, 4) is 11.5 Å². The molecule has 1 N–H and O–H groups in total. The summed E-state index contributed by atoms with van der Waals surface area (Å²) in [6, 6.07) is 3.78. The monoisotopic (exact) mass is 368 g/mol. The Bertz CT molecular complexity index is 623. The van der Waals surface area contributed by atoms with Crippen LogP contribution in [0.25, 0.3) is 0 Å². The van der Waals surface area contributed by atoms with Crippen LogP contribution >= 0.6 is 11.6 Å². The van der Waals surface area contributed by atoms with E-state index in [9.17, 15) is 4.79 Å². The van der Waals surface area contributed by atoms with Crippen molar-refractivity contribution in [3.05, 3.63) is 22.7 Å². The lowest BCUT2D eigenvalue weighted by Crippen LogP contribution is -2.36. The van der Waals surface area contributed by atoms with Gasteiger partial charge in [0, 0.05) is 13.1 Å². The van der Waals surface area contributed by atoms with Crippen LogP contribution in [-0.2, 0) is 16.0 Å². The van der Waals surface area contributed by atoms with Gasteiger partial charge in [0.15, 0.2) is 11.5 Å². The summed E-state index contributed by atoms with van der Waals surface area (Å²) in [6.45, 7) is 2.42. The number of carbonyl (C=O) groups is 1. The van der Waals surface area contributed by atoms with Gasteiger partial charge in [-0.05, 0) is 51.1 Å². The smallest absolute Gasteiger partial charge is 0.249 e. The van der Waals surface area contributed by atoms with E-state index in [-0.39, 0.29) is 18.1 Å². The highest BCUT2D eigenvalue weighted by Crippen LogP contribution is 2.38. The van der Waals surface area contributed by atoms with Gasteiger partial charge >= 0.3 is 0 Å². The number of likely N-dealkylation sites (N-methyl/N-ethyl adjacent to an activating group) is 1. The van der Waals surface area contributed by atoms with Crippen LogP contribution in [0.4, 0.5) is 0 Å². The standard InChI is InChI=1S/C18H25ClN2O4/c1-21(2)11-13-3-4-15(25-13)18(22)20-6-5-12-9-14(19)17-16(10-12)23-7-8-24-17/h9-10,13,15H,3-8,11H2,1-2H3,(H,20,22)/t13-,15+/m0/s1. The predicted octanol–water partition coefficient (Wildman–Crippen LogP) is 1.88. The van der Waals surface area contributed by atoms with E-state index in [2.05, 4.69) is 10.2 Å². The second kappa shape index (κ2) is 8.25. The maximum atomic E-state index is 12.2. The number of carbonyl (C=O) groups excluding carboxylic acids is 1. The average Bonchev–Trinajstić information content (AvgIpc) is 3.02. The van der Waals surface area contributed by atoms with Gasteiger partial charge in [-0.15, -0.1) is 0 Å². The molecule has 0 bridgehead atoms. The van der Waals surface area contributed by atoms with Crippen molar-refractivity contribution < 1.29 is 19.0 Å². The Morgan fingerprint density at radius 2 is 2.08 bits per heavy atom. The number of hydrogen-bond acceptors (Lipinski definition) is 5. The predicted molar refractivity (Wildman–Crippen MR) is 95.6 cm³/mol. The van der Waals surface area contributed by atoms with Gasteiger partial charge in [0.05, 0.1) is 11.1 Å². The number of amides is 1. The van der Waals surface area contributed by atoms with Crippen LogP contribution in [0.1, 0.15) is 18.4 Å². The van der Waals surface area contributed by atoms with E-state index >= 15 is 0 Å². The molecule has 2 atom stereocenters. The highest BCUT2D eigenvalue weighted by atomic mass is 35.5. The molecule has 1 amide bonds. The minimum absolute atomic E-state index is 0.0371. The maximum absolute atomic E-state index is 12.2. The van der Waals surface area contributed by atoms with Gasteiger partial charge < -0.3 is 24.4 Å². The third-order valence-electron chi connectivity index (χ3n) is 4.34. The number of rotatable bonds is 6. The molecular weight excluding hydrogens is 344 g/mol. The fraction of sp³-hybridized carbons (Fsp3) is 0.611. The third kappa shape index (κ3) is 4.77. The highest BCUT2D eigenvalue weighted by Gasteiger charge is 2.30. The number of halogens is 1. The largest absolute Gasteiger partial charge is 0.486 e. The summed E-state index contributed by atoms with van der Waals surface area (Å²) in [5, 5.41) is 3.50. The van der Waals surface area contributed by atoms with Crippen LogP contribution in [0.5, 0.6) is 11.5 Å². The minimum Gasteiger partial charge on any atom is -0.486 e. The molecular formula is C18H25ClN2O4. The summed E-state index contributed by atoms with van der Waals surface area (Å²) >= 11 is 6.23. The summed E-state index contributed by atoms with van der Waals surface area (Å²) in [4.78, 5) is 14.3. The Balaban J connectivity index is 1.47. The maximum Gasteiger partial charge on any atom is 0.249 e. The molecule has 1 aromatic carbocycles. The normalized spacial score (nSPS) is 22.2. The van der Waals surface area contributed by atoms with E-state index in [0.717, 1.165) is 24.9 Å². The fourth-order valence-corrected chi connectivity index (χ4v) is 3.48. The molecule has 0 unspecified atom stereocenters. The molecule has 0 saturated carbocycles. The molecule has 2 aliphatic rings. The Labute approximate surface area is 153 Å². The molecule has 0 aliphatic carbocycles. The zero-order valence-electron chi connectivity index (χ0n) is 14.7. The number of nitrogens with one attached hydrogen (secondary N) is 1. The first kappa shape index (κ1) is 18.3. The Morgan fingerprint density at radius 3 is 2.88 bits per heavy atom. The van der Waals surface area contributed by atoms with E-state index < -0.39 is 0 Å². The first-order valence-electron chi connectivity index (χ1n) is 8.69. The molecule has 6 nitrogen and oxygen atoms in total. The summed E-state index contributed by atoms with van der Waals surface area (Å²) in [5.74, 6) is 1.24. The number of ether oxygens (including phenoxy) is 3. The van der Waals surface area contributed by atoms with Crippen molar-refractivity contribution in [1.82, 2.24) is 10.2 Å². The summed E-state index contributed by atoms with van der Waals surface area (Å²) in [5.41, 5.74) is 1.01. The molecule has 7 heteroatoms. The third-order valence-corrected chi connectivity index (χ3v) is 4.62. The van der Waals surface area contributed by atoms with Crippen molar-refractivity contribution in [2.75, 3.05) is 40.4 Å². The molecule has 1 saturated heterocycles. The van der Waals surface area contributed by atoms with Crippen molar-refractivity contribution in [2.24, 2.45) is 0 Å². The molecule has 3 rings (SSSR count). The highest BCUT2D eigenvalue weighted by molar-refractivity contribution is 6.32. The van der Waals surface area contributed by atoms with Crippen LogP contribution < -0.4 is 14.8 Å². The molecule has 138 valence electrons. The molecule has 1 aromatic rings. The van der Waals surface area contributed by atoms with E-state index in [1.54, 1.807) is 0 Å². The van der Waals surface area contributed by atoms with Crippen molar-refractivity contribution in [1.29, 1.82) is 0 Å². The number of fused-ring (bicyclic) bond motifs is 1. The van der Waals surface area contributed by atoms with Gasteiger partial charge in [-0.2, -0.15) is 0 Å². The van der Waals surface area contributed by atoms with E-state index in [1.807, 2.05) is 26.2 Å². The van der Waals surface area contributed by atoms with Crippen molar-refractivity contribution in [3.63, 3.8) is 0 Å². The average molecular weight is 369 g/mol. The number of hydrogen-bond donors (Lipinski definition) is 1. The summed E-state index contributed by atoms with van der Waals surface area (Å²) in [6.07, 6.45) is 2.18. The lowest BCUT2D eigenvalue weighted by atomic mass is 10.1. The lowest BCUT2D eigenvalue weighted by Gasteiger charge is -2.20. The van der Waals surface area contributed by atoms with Crippen molar-refractivity contribution >= 4 is 17.5 Å². The van der Waals surface area contributed by atoms with Gasteiger partial charge in [-0.25, -0.2) is 0 Å². The van der Waals surface area contributed by atoms with Crippen LogP contribution in [0, 0.1) is 0 Å². The SMILES string of the molecule is CN(C)C[C@@H]1CC[C@H](C(=O)NCCc2cc(Cl)c3c(c2)OCCO3)O1. The van der Waals surface area contributed by atoms with E-state index in [4.69, 9.17) is 25.8 Å². The summed E-state index contributed by atoms with van der Waals surface area (Å²) < 4.78 is 16.9. The first-order chi connectivity index (χ1) is 12.0. The number of nitrogens with zero attached hydrogens (tertiary/aromatic N) is 1. The molecule has 0 aromatic heterocycles. The quantitative estimate of drug-likeness (QED) is 0.830. The molecule has 2 heterocycles. The fourth-order valence-electron chi connectivity index (χ4n) is 3.19. The van der Waals surface area contributed by atoms with Gasteiger partial charge in [-0.1, -0.05) is 11.6 Å². The first-order valence-corrected chi connectivity index (χ1v) is 9.06. The second-order valence-electron chi connectivity index (χ2n) is 6.73. The Hall–Kier alpha value is -1.50. The van der Waals surface area contributed by atoms with Gasteiger partial charge in [-0.3, -0.25) is 4.79 Å². The second-order valence-corrected chi connectivity index (χ2v) is 7.14. The number of benzene rings is 1. The van der Waals surface area contributed by atoms with Gasteiger partial charge in [0.25, 0.3) is 0 Å². The molecule has 1 fully saturated rings. The minimum atomic E-state index is -0.339. The summed E-state index contributed by atoms with van der Waals surface area (Å²) in [7, 11) is 4.02. The van der Waals surface area contributed by atoms with Crippen LogP contribution in [-0.4, -0.2) is 63.4 Å². The van der Waals surface area contributed by atoms with E-state index in [1.165, 1.54) is 0 Å². The van der Waals surface area contributed by atoms with Gasteiger partial charge in [0.1, 0.15) is 19.3 Å². The van der Waals surface area contributed by atoms with Crippen LogP contribution in [0.2, 0.25) is 5.02 Å². The van der Waals surface area contributed by atoms with E-state index in [0.29, 0.717) is 42.7 Å². The van der Waals surface area contributed by atoms with Crippen molar-refractivity contribution in [2.45, 2.75) is 31.5 Å². The molecule has 0 spiro atoms.